The standard InChI is InChI=1S/C20H27ClN4O3S/c1-11-14(8-22-17(11)27)16-12(2)18(24(5)9-13-6-7-15(21)29-13)25(23-16)19(28)20(3,4)10-26/h6-7,11,14,26H,8-10H2,1-5H3,(H,22,27). The molecule has 158 valence electrons. The fourth-order valence-corrected chi connectivity index (χ4v) is 4.75. The number of aliphatic hydroxyl groups is 1. The predicted molar refractivity (Wildman–Crippen MR) is 115 cm³/mol. The van der Waals surface area contributed by atoms with Crippen LogP contribution in [-0.2, 0) is 11.3 Å². The Labute approximate surface area is 179 Å². The van der Waals surface area contributed by atoms with E-state index in [-0.39, 0.29) is 30.3 Å². The number of hydrogen-bond donors (Lipinski definition) is 2. The highest BCUT2D eigenvalue weighted by molar-refractivity contribution is 7.16. The van der Waals surface area contributed by atoms with E-state index in [1.54, 1.807) is 13.8 Å². The van der Waals surface area contributed by atoms with Crippen LogP contribution >= 0.6 is 22.9 Å². The molecular formula is C20H27ClN4O3S. The van der Waals surface area contributed by atoms with E-state index in [0.717, 1.165) is 16.1 Å². The van der Waals surface area contributed by atoms with Crippen LogP contribution in [0.15, 0.2) is 12.1 Å². The van der Waals surface area contributed by atoms with Crippen LogP contribution in [0.2, 0.25) is 4.34 Å². The van der Waals surface area contributed by atoms with E-state index in [2.05, 4.69) is 10.4 Å². The van der Waals surface area contributed by atoms with Crippen LogP contribution in [0.25, 0.3) is 0 Å². The van der Waals surface area contributed by atoms with E-state index in [4.69, 9.17) is 11.6 Å². The Bertz CT molecular complexity index is 936. The molecule has 1 fully saturated rings. The SMILES string of the molecule is Cc1c(C2CNC(=O)C2C)nn(C(=O)C(C)(C)CO)c1N(C)Cc1ccc(Cl)s1. The Balaban J connectivity index is 2.06. The highest BCUT2D eigenvalue weighted by Gasteiger charge is 2.39. The number of nitrogens with zero attached hydrogens (tertiary/aromatic N) is 3. The molecule has 2 N–H and O–H groups in total. The van der Waals surface area contributed by atoms with Crippen LogP contribution < -0.4 is 10.2 Å². The number of thiophene rings is 1. The number of nitrogens with one attached hydrogen (secondary N) is 1. The van der Waals surface area contributed by atoms with Crippen LogP contribution in [0.3, 0.4) is 0 Å². The van der Waals surface area contributed by atoms with Gasteiger partial charge in [0.15, 0.2) is 0 Å². The lowest BCUT2D eigenvalue weighted by atomic mass is 9.92. The topological polar surface area (TPSA) is 87.5 Å². The number of aliphatic hydroxyl groups excluding tert-OH is 1. The molecule has 0 radical (unpaired) electrons. The van der Waals surface area contributed by atoms with Crippen molar-refractivity contribution in [2.45, 2.75) is 40.2 Å². The van der Waals surface area contributed by atoms with Gasteiger partial charge in [-0.05, 0) is 32.9 Å². The number of carbonyl (C=O) groups excluding carboxylic acids is 2. The molecule has 2 aromatic rings. The van der Waals surface area contributed by atoms with E-state index < -0.39 is 5.41 Å². The number of halogens is 1. The number of amides is 1. The minimum absolute atomic E-state index is 0.00547. The van der Waals surface area contributed by atoms with Crippen molar-refractivity contribution >= 4 is 40.6 Å². The van der Waals surface area contributed by atoms with Crippen molar-refractivity contribution in [3.8, 4) is 0 Å². The van der Waals surface area contributed by atoms with Crippen LogP contribution in [0.5, 0.6) is 0 Å². The van der Waals surface area contributed by atoms with Crippen molar-refractivity contribution in [1.29, 1.82) is 0 Å². The molecule has 29 heavy (non-hydrogen) atoms. The van der Waals surface area contributed by atoms with Gasteiger partial charge in [-0.1, -0.05) is 18.5 Å². The van der Waals surface area contributed by atoms with Crippen molar-refractivity contribution in [1.82, 2.24) is 15.1 Å². The van der Waals surface area contributed by atoms with Gasteiger partial charge >= 0.3 is 0 Å². The zero-order valence-corrected chi connectivity index (χ0v) is 18.9. The molecule has 1 saturated heterocycles. The average molecular weight is 439 g/mol. The zero-order valence-electron chi connectivity index (χ0n) is 17.3. The number of hydrogen-bond acceptors (Lipinski definition) is 6. The first-order valence-corrected chi connectivity index (χ1v) is 10.7. The second-order valence-electron chi connectivity index (χ2n) is 8.30. The molecule has 1 aliphatic heterocycles. The number of aromatic nitrogens is 2. The van der Waals surface area contributed by atoms with Gasteiger partial charge in [-0.3, -0.25) is 9.59 Å². The zero-order chi connectivity index (χ0) is 21.5. The van der Waals surface area contributed by atoms with Crippen LogP contribution in [0.4, 0.5) is 5.82 Å². The van der Waals surface area contributed by atoms with Gasteiger partial charge in [0, 0.05) is 35.9 Å². The van der Waals surface area contributed by atoms with Crippen LogP contribution in [0, 0.1) is 18.3 Å². The largest absolute Gasteiger partial charge is 0.395 e. The third-order valence-electron chi connectivity index (χ3n) is 5.54. The molecule has 9 heteroatoms. The molecule has 2 unspecified atom stereocenters. The first kappa shape index (κ1) is 21.8. The molecule has 1 amide bonds. The maximum atomic E-state index is 13.2. The summed E-state index contributed by atoms with van der Waals surface area (Å²) in [6.07, 6.45) is 0. The Morgan fingerprint density at radius 2 is 2.17 bits per heavy atom. The third kappa shape index (κ3) is 4.06. The van der Waals surface area contributed by atoms with E-state index >= 15 is 0 Å². The van der Waals surface area contributed by atoms with Gasteiger partial charge in [-0.2, -0.15) is 9.78 Å². The van der Waals surface area contributed by atoms with Crippen molar-refractivity contribution in [3.05, 3.63) is 32.6 Å². The summed E-state index contributed by atoms with van der Waals surface area (Å²) in [7, 11) is 1.90. The quantitative estimate of drug-likeness (QED) is 0.723. The van der Waals surface area contributed by atoms with Gasteiger partial charge in [0.1, 0.15) is 5.82 Å². The molecule has 2 atom stereocenters. The molecule has 3 heterocycles. The van der Waals surface area contributed by atoms with Gasteiger partial charge in [-0.15, -0.1) is 11.3 Å². The van der Waals surface area contributed by atoms with Crippen molar-refractivity contribution in [2.75, 3.05) is 25.1 Å². The molecule has 0 saturated carbocycles. The number of carbonyl (C=O) groups is 2. The van der Waals surface area contributed by atoms with Gasteiger partial charge < -0.3 is 15.3 Å². The second kappa shape index (κ2) is 8.08. The van der Waals surface area contributed by atoms with Gasteiger partial charge in [0.25, 0.3) is 5.91 Å². The van der Waals surface area contributed by atoms with Crippen LogP contribution in [0.1, 0.15) is 47.6 Å². The molecule has 1 aliphatic rings. The van der Waals surface area contributed by atoms with Crippen molar-refractivity contribution < 1.29 is 14.7 Å². The molecule has 3 rings (SSSR count). The first-order chi connectivity index (χ1) is 13.6. The third-order valence-corrected chi connectivity index (χ3v) is 6.76. The molecule has 7 nitrogen and oxygen atoms in total. The molecule has 2 aromatic heterocycles. The van der Waals surface area contributed by atoms with E-state index in [1.807, 2.05) is 37.9 Å². The summed E-state index contributed by atoms with van der Waals surface area (Å²) in [5.41, 5.74) is 0.627. The summed E-state index contributed by atoms with van der Waals surface area (Å²) in [4.78, 5) is 28.3. The summed E-state index contributed by atoms with van der Waals surface area (Å²) >= 11 is 7.55. The summed E-state index contributed by atoms with van der Waals surface area (Å²) in [6, 6.07) is 3.81. The van der Waals surface area contributed by atoms with Gasteiger partial charge in [0.05, 0.1) is 28.6 Å². The Morgan fingerprint density at radius 3 is 2.69 bits per heavy atom. The number of rotatable bonds is 6. The second-order valence-corrected chi connectivity index (χ2v) is 10.1. The van der Waals surface area contributed by atoms with Crippen LogP contribution in [-0.4, -0.2) is 46.9 Å². The highest BCUT2D eigenvalue weighted by atomic mass is 35.5. The van der Waals surface area contributed by atoms with Crippen molar-refractivity contribution in [2.24, 2.45) is 11.3 Å². The lowest BCUT2D eigenvalue weighted by molar-refractivity contribution is -0.122. The summed E-state index contributed by atoms with van der Waals surface area (Å²) < 4.78 is 2.10. The monoisotopic (exact) mass is 438 g/mol. The summed E-state index contributed by atoms with van der Waals surface area (Å²) in [5.74, 6) is 0.0615. The van der Waals surface area contributed by atoms with E-state index in [0.29, 0.717) is 23.2 Å². The Morgan fingerprint density at radius 1 is 1.48 bits per heavy atom. The maximum Gasteiger partial charge on any atom is 0.256 e. The predicted octanol–water partition coefficient (Wildman–Crippen LogP) is 3.05. The highest BCUT2D eigenvalue weighted by Crippen LogP contribution is 2.36. The minimum atomic E-state index is -0.979. The maximum absolute atomic E-state index is 13.2. The van der Waals surface area contributed by atoms with Gasteiger partial charge in [0.2, 0.25) is 5.91 Å². The molecular weight excluding hydrogens is 412 g/mol. The van der Waals surface area contributed by atoms with E-state index in [1.165, 1.54) is 16.0 Å². The van der Waals surface area contributed by atoms with E-state index in [9.17, 15) is 14.7 Å². The molecule has 0 aromatic carbocycles. The first-order valence-electron chi connectivity index (χ1n) is 9.55. The summed E-state index contributed by atoms with van der Waals surface area (Å²) in [5, 5.41) is 17.2. The van der Waals surface area contributed by atoms with Gasteiger partial charge in [-0.25, -0.2) is 0 Å². The minimum Gasteiger partial charge on any atom is -0.395 e. The molecule has 0 aliphatic carbocycles. The average Bonchev–Trinajstić information content (AvgIpc) is 3.33. The smallest absolute Gasteiger partial charge is 0.256 e. The normalized spacial score (nSPS) is 19.5. The molecule has 0 bridgehead atoms. The fourth-order valence-electron chi connectivity index (χ4n) is 3.61. The lowest BCUT2D eigenvalue weighted by Gasteiger charge is -2.25. The molecule has 0 spiro atoms. The lowest BCUT2D eigenvalue weighted by Crippen LogP contribution is -2.36. The Hall–Kier alpha value is -1.90. The fraction of sp³-hybridized carbons (Fsp3) is 0.550. The number of anilines is 1. The van der Waals surface area contributed by atoms with Crippen molar-refractivity contribution in [3.63, 3.8) is 0 Å². The Kier molecular flexibility index (Phi) is 6.08. The summed E-state index contributed by atoms with van der Waals surface area (Å²) in [6.45, 7) is 7.97.